The third kappa shape index (κ3) is 3.73. The molecule has 0 aromatic carbocycles. The fraction of sp³-hybridized carbons (Fsp3) is 0.500. The fourth-order valence-corrected chi connectivity index (χ4v) is 3.39. The zero-order valence-electron chi connectivity index (χ0n) is 12.1. The van der Waals surface area contributed by atoms with Gasteiger partial charge in [0.1, 0.15) is 11.9 Å². The summed E-state index contributed by atoms with van der Waals surface area (Å²) >= 11 is 1.49. The van der Waals surface area contributed by atoms with Gasteiger partial charge in [0, 0.05) is 5.38 Å². The van der Waals surface area contributed by atoms with Crippen LogP contribution in [0.5, 0.6) is 0 Å². The van der Waals surface area contributed by atoms with E-state index in [0.717, 1.165) is 47.9 Å². The summed E-state index contributed by atoms with van der Waals surface area (Å²) in [6.45, 7) is 1.90. The summed E-state index contributed by atoms with van der Waals surface area (Å²) in [4.78, 5) is 16.4. The van der Waals surface area contributed by atoms with Gasteiger partial charge in [-0.15, -0.1) is 11.3 Å². The van der Waals surface area contributed by atoms with Crippen LogP contribution in [0.4, 0.5) is 0 Å². The third-order valence-electron chi connectivity index (χ3n) is 3.68. The predicted octanol–water partition coefficient (Wildman–Crippen LogP) is 4.13. The van der Waals surface area contributed by atoms with Crippen LogP contribution in [0.25, 0.3) is 10.8 Å². The summed E-state index contributed by atoms with van der Waals surface area (Å²) in [7, 11) is 0. The maximum absolute atomic E-state index is 11.9. The molecule has 21 heavy (non-hydrogen) atoms. The Kier molecular flexibility index (Phi) is 4.39. The highest BCUT2D eigenvalue weighted by Crippen LogP contribution is 2.26. The number of esters is 1. The number of nitrogens with zero attached hydrogens (tertiary/aromatic N) is 1. The normalized spacial score (nSPS) is 16.0. The van der Waals surface area contributed by atoms with Gasteiger partial charge >= 0.3 is 5.97 Å². The van der Waals surface area contributed by atoms with E-state index in [1.807, 2.05) is 24.4 Å². The van der Waals surface area contributed by atoms with Crippen molar-refractivity contribution >= 4 is 17.3 Å². The van der Waals surface area contributed by atoms with Gasteiger partial charge in [-0.2, -0.15) is 0 Å². The number of hydrogen-bond acceptors (Lipinski definition) is 5. The first-order valence-corrected chi connectivity index (χ1v) is 8.29. The van der Waals surface area contributed by atoms with Crippen molar-refractivity contribution in [2.45, 2.75) is 51.6 Å². The number of carbonyl (C=O) groups excluding carboxylic acids is 1. The highest BCUT2D eigenvalue weighted by molar-refractivity contribution is 7.13. The summed E-state index contributed by atoms with van der Waals surface area (Å²) in [6.07, 6.45) is 5.93. The molecule has 112 valence electrons. The molecular weight excluding hydrogens is 286 g/mol. The molecule has 0 saturated heterocycles. The number of aromatic nitrogens is 1. The van der Waals surface area contributed by atoms with Crippen molar-refractivity contribution < 1.29 is 13.9 Å². The van der Waals surface area contributed by atoms with E-state index in [1.165, 1.54) is 17.8 Å². The van der Waals surface area contributed by atoms with Crippen LogP contribution in [0.2, 0.25) is 0 Å². The minimum Gasteiger partial charge on any atom is -0.462 e. The molecule has 0 spiro atoms. The van der Waals surface area contributed by atoms with Gasteiger partial charge in [-0.1, -0.05) is 6.42 Å². The Bertz CT molecular complexity index is 611. The summed E-state index contributed by atoms with van der Waals surface area (Å²) in [5.41, 5.74) is 0.755. The van der Waals surface area contributed by atoms with E-state index >= 15 is 0 Å². The van der Waals surface area contributed by atoms with Gasteiger partial charge in [-0.05, 0) is 44.7 Å². The Hall–Kier alpha value is -1.62. The summed E-state index contributed by atoms with van der Waals surface area (Å²) < 4.78 is 11.1. The molecule has 2 heterocycles. The summed E-state index contributed by atoms with van der Waals surface area (Å²) in [5.74, 6) is 1.44. The molecule has 1 aliphatic carbocycles. The lowest BCUT2D eigenvalue weighted by molar-refractivity contribution is -0.149. The van der Waals surface area contributed by atoms with Gasteiger partial charge in [0.15, 0.2) is 10.8 Å². The van der Waals surface area contributed by atoms with E-state index < -0.39 is 0 Å². The minimum absolute atomic E-state index is 0.108. The van der Waals surface area contributed by atoms with E-state index in [1.54, 1.807) is 0 Å². The molecule has 0 N–H and O–H groups in total. The van der Waals surface area contributed by atoms with Crippen molar-refractivity contribution in [2.75, 3.05) is 0 Å². The lowest BCUT2D eigenvalue weighted by Crippen LogP contribution is -2.22. The van der Waals surface area contributed by atoms with E-state index in [2.05, 4.69) is 4.98 Å². The van der Waals surface area contributed by atoms with Crippen LogP contribution in [0.1, 0.15) is 43.6 Å². The van der Waals surface area contributed by atoms with E-state index in [0.29, 0.717) is 0 Å². The Morgan fingerprint density at radius 1 is 1.38 bits per heavy atom. The van der Waals surface area contributed by atoms with Crippen LogP contribution < -0.4 is 0 Å². The average molecular weight is 305 g/mol. The van der Waals surface area contributed by atoms with Crippen LogP contribution in [-0.2, 0) is 16.0 Å². The molecule has 2 aromatic rings. The van der Waals surface area contributed by atoms with Crippen molar-refractivity contribution in [3.05, 3.63) is 29.0 Å². The Morgan fingerprint density at radius 2 is 2.19 bits per heavy atom. The number of hydrogen-bond donors (Lipinski definition) is 0. The van der Waals surface area contributed by atoms with Gasteiger partial charge in [-0.25, -0.2) is 4.98 Å². The smallest absolute Gasteiger partial charge is 0.312 e. The maximum atomic E-state index is 11.9. The van der Waals surface area contributed by atoms with Crippen molar-refractivity contribution in [1.29, 1.82) is 0 Å². The number of aryl methyl sites for hydroxylation is 1. The third-order valence-corrected chi connectivity index (χ3v) is 4.58. The summed E-state index contributed by atoms with van der Waals surface area (Å²) in [5, 5.41) is 2.71. The van der Waals surface area contributed by atoms with Crippen LogP contribution in [0.3, 0.4) is 0 Å². The van der Waals surface area contributed by atoms with Crippen molar-refractivity contribution in [1.82, 2.24) is 4.98 Å². The molecule has 5 heteroatoms. The van der Waals surface area contributed by atoms with E-state index in [4.69, 9.17) is 9.15 Å². The number of rotatable bonds is 4. The second kappa shape index (κ2) is 6.43. The van der Waals surface area contributed by atoms with Gasteiger partial charge in [0.05, 0.1) is 12.1 Å². The van der Waals surface area contributed by atoms with Crippen LogP contribution in [0, 0.1) is 6.92 Å². The summed E-state index contributed by atoms with van der Waals surface area (Å²) in [6, 6.07) is 3.81. The van der Waals surface area contributed by atoms with Crippen molar-refractivity contribution in [3.63, 3.8) is 0 Å². The second-order valence-corrected chi connectivity index (χ2v) is 6.34. The molecule has 0 unspecified atom stereocenters. The first-order valence-electron chi connectivity index (χ1n) is 7.41. The molecule has 1 aliphatic rings. The first-order chi connectivity index (χ1) is 10.2. The van der Waals surface area contributed by atoms with E-state index in [9.17, 15) is 4.79 Å². The molecule has 0 atom stereocenters. The largest absolute Gasteiger partial charge is 0.462 e. The number of furan rings is 1. The zero-order chi connectivity index (χ0) is 14.7. The number of carbonyl (C=O) groups is 1. The zero-order valence-corrected chi connectivity index (χ0v) is 12.9. The molecular formula is C16H19NO3S. The molecule has 0 aliphatic heterocycles. The fourth-order valence-electron chi connectivity index (χ4n) is 2.61. The van der Waals surface area contributed by atoms with Gasteiger partial charge < -0.3 is 9.15 Å². The topological polar surface area (TPSA) is 52.3 Å². The monoisotopic (exact) mass is 305 g/mol. The lowest BCUT2D eigenvalue weighted by Gasteiger charge is -2.21. The predicted molar refractivity (Wildman–Crippen MR) is 81.2 cm³/mol. The van der Waals surface area contributed by atoms with Crippen molar-refractivity contribution in [3.8, 4) is 10.8 Å². The standard InChI is InChI=1S/C16H19NO3S/c1-11-7-8-14(19-11)16-17-12(10-21-16)9-15(18)20-13-5-3-2-4-6-13/h7-8,10,13H,2-6,9H2,1H3. The Morgan fingerprint density at radius 3 is 2.90 bits per heavy atom. The highest BCUT2D eigenvalue weighted by atomic mass is 32.1. The second-order valence-electron chi connectivity index (χ2n) is 5.48. The lowest BCUT2D eigenvalue weighted by atomic mass is 9.98. The molecule has 0 radical (unpaired) electrons. The number of ether oxygens (including phenoxy) is 1. The molecule has 1 fully saturated rings. The highest BCUT2D eigenvalue weighted by Gasteiger charge is 2.19. The molecule has 1 saturated carbocycles. The quantitative estimate of drug-likeness (QED) is 0.797. The van der Waals surface area contributed by atoms with Crippen LogP contribution in [-0.4, -0.2) is 17.1 Å². The van der Waals surface area contributed by atoms with Crippen molar-refractivity contribution in [2.24, 2.45) is 0 Å². The molecule has 3 rings (SSSR count). The average Bonchev–Trinajstić information content (AvgIpc) is 3.09. The molecule has 0 amide bonds. The maximum Gasteiger partial charge on any atom is 0.312 e. The molecule has 4 nitrogen and oxygen atoms in total. The van der Waals surface area contributed by atoms with Crippen LogP contribution in [0.15, 0.2) is 21.9 Å². The van der Waals surface area contributed by atoms with Gasteiger partial charge in [0.25, 0.3) is 0 Å². The Labute approximate surface area is 128 Å². The Balaban J connectivity index is 1.57. The van der Waals surface area contributed by atoms with E-state index in [-0.39, 0.29) is 18.5 Å². The van der Waals surface area contributed by atoms with Crippen LogP contribution >= 0.6 is 11.3 Å². The first kappa shape index (κ1) is 14.3. The number of thiazole rings is 1. The SMILES string of the molecule is Cc1ccc(-c2nc(CC(=O)OC3CCCCC3)cs2)o1. The molecule has 0 bridgehead atoms. The minimum atomic E-state index is -0.172. The molecule has 2 aromatic heterocycles. The van der Waals surface area contributed by atoms with Gasteiger partial charge in [0.2, 0.25) is 0 Å². The van der Waals surface area contributed by atoms with Gasteiger partial charge in [-0.3, -0.25) is 4.79 Å².